The minimum Gasteiger partial charge on any atom is -0.872 e. The second-order valence-corrected chi connectivity index (χ2v) is 8.46. The first-order chi connectivity index (χ1) is 14.6. The van der Waals surface area contributed by atoms with Crippen LogP contribution >= 0.6 is 11.3 Å². The number of Topliss-reactive ketones (excluding diaryl/α,β-unsaturated/α-hetero) is 1. The lowest BCUT2D eigenvalue weighted by Crippen LogP contribution is -3.14. The van der Waals surface area contributed by atoms with Crippen LogP contribution in [0.2, 0.25) is 0 Å². The van der Waals surface area contributed by atoms with Crippen LogP contribution in [0.4, 0.5) is 0 Å². The van der Waals surface area contributed by atoms with E-state index >= 15 is 0 Å². The molecule has 2 aliphatic heterocycles. The van der Waals surface area contributed by atoms with E-state index in [0.717, 1.165) is 39.3 Å². The molecule has 158 valence electrons. The van der Waals surface area contributed by atoms with Crippen LogP contribution in [0.15, 0.2) is 53.1 Å². The quantitative estimate of drug-likeness (QED) is 0.634. The minimum atomic E-state index is -0.763. The highest BCUT2D eigenvalue weighted by molar-refractivity contribution is 7.12. The van der Waals surface area contributed by atoms with Gasteiger partial charge in [0.15, 0.2) is 5.76 Å². The average molecular weight is 429 g/mol. The summed E-state index contributed by atoms with van der Waals surface area (Å²) in [6.45, 7) is 4.60. The average Bonchev–Trinajstić information content (AvgIpc) is 3.37. The van der Waals surface area contributed by atoms with Crippen molar-refractivity contribution in [3.63, 3.8) is 0 Å². The number of ketones is 1. The molecule has 8 heteroatoms. The lowest BCUT2D eigenvalue weighted by molar-refractivity contribution is -0.908. The SMILES string of the molecule is O=C(C1=C(O)C(=O)N(CCC[NH+]2CCOCC2)C1c1cccc([O-])c1)c1cccs1. The van der Waals surface area contributed by atoms with Crippen LogP contribution < -0.4 is 10.0 Å². The van der Waals surface area contributed by atoms with Crippen molar-refractivity contribution in [1.82, 2.24) is 4.90 Å². The number of morpholine rings is 1. The number of benzene rings is 1. The number of hydrogen-bond donors (Lipinski definition) is 2. The van der Waals surface area contributed by atoms with Gasteiger partial charge in [0.25, 0.3) is 5.91 Å². The number of quaternary nitrogens is 1. The second-order valence-electron chi connectivity index (χ2n) is 7.51. The summed E-state index contributed by atoms with van der Waals surface area (Å²) in [7, 11) is 0. The van der Waals surface area contributed by atoms with Crippen LogP contribution in [0, 0.1) is 0 Å². The van der Waals surface area contributed by atoms with Crippen LogP contribution in [0.3, 0.4) is 0 Å². The Kier molecular flexibility index (Phi) is 6.17. The first-order valence-electron chi connectivity index (χ1n) is 10.1. The van der Waals surface area contributed by atoms with Crippen molar-refractivity contribution in [3.8, 4) is 5.75 Å². The van der Waals surface area contributed by atoms with Crippen molar-refractivity contribution in [3.05, 3.63) is 63.6 Å². The summed E-state index contributed by atoms with van der Waals surface area (Å²) in [6.07, 6.45) is 0.725. The van der Waals surface area contributed by atoms with Crippen LogP contribution in [-0.2, 0) is 9.53 Å². The molecule has 1 fully saturated rings. The van der Waals surface area contributed by atoms with Crippen LogP contribution in [0.1, 0.15) is 27.7 Å². The van der Waals surface area contributed by atoms with E-state index in [0.29, 0.717) is 17.0 Å². The monoisotopic (exact) mass is 428 g/mol. The third kappa shape index (κ3) is 4.12. The molecular weight excluding hydrogens is 404 g/mol. The van der Waals surface area contributed by atoms with Crippen molar-refractivity contribution in [1.29, 1.82) is 0 Å². The number of rotatable bonds is 7. The van der Waals surface area contributed by atoms with E-state index in [9.17, 15) is 19.8 Å². The zero-order valence-electron chi connectivity index (χ0n) is 16.5. The topological polar surface area (TPSA) is 94.3 Å². The molecule has 0 saturated carbocycles. The Labute approximate surface area is 178 Å². The Hall–Kier alpha value is -2.68. The highest BCUT2D eigenvalue weighted by Gasteiger charge is 2.43. The summed E-state index contributed by atoms with van der Waals surface area (Å²) in [6, 6.07) is 8.85. The number of ether oxygens (including phenoxy) is 1. The molecule has 1 amide bonds. The number of amides is 1. The molecule has 1 unspecified atom stereocenters. The molecule has 0 aliphatic carbocycles. The molecule has 2 aromatic rings. The van der Waals surface area contributed by atoms with Crippen molar-refractivity contribution in [2.45, 2.75) is 12.5 Å². The van der Waals surface area contributed by atoms with Gasteiger partial charge in [-0.3, -0.25) is 9.59 Å². The fraction of sp³-hybridized carbons (Fsp3) is 0.364. The number of nitrogens with one attached hydrogen (secondary N) is 1. The number of aliphatic hydroxyl groups is 1. The predicted molar refractivity (Wildman–Crippen MR) is 110 cm³/mol. The minimum absolute atomic E-state index is 0.0479. The molecule has 30 heavy (non-hydrogen) atoms. The summed E-state index contributed by atoms with van der Waals surface area (Å²) < 4.78 is 5.38. The van der Waals surface area contributed by atoms with E-state index in [2.05, 4.69) is 0 Å². The Morgan fingerprint density at radius 3 is 2.77 bits per heavy atom. The summed E-state index contributed by atoms with van der Waals surface area (Å²) in [5, 5.41) is 24.4. The van der Waals surface area contributed by atoms with E-state index < -0.39 is 17.7 Å². The van der Waals surface area contributed by atoms with Gasteiger partial charge < -0.3 is 24.7 Å². The lowest BCUT2D eigenvalue weighted by Gasteiger charge is -2.29. The summed E-state index contributed by atoms with van der Waals surface area (Å²) in [5.41, 5.74) is 0.588. The van der Waals surface area contributed by atoms with E-state index in [1.54, 1.807) is 29.6 Å². The summed E-state index contributed by atoms with van der Waals surface area (Å²) in [4.78, 5) is 29.4. The maximum Gasteiger partial charge on any atom is 0.290 e. The Morgan fingerprint density at radius 1 is 1.27 bits per heavy atom. The van der Waals surface area contributed by atoms with Gasteiger partial charge in [0.05, 0.1) is 36.3 Å². The van der Waals surface area contributed by atoms with Gasteiger partial charge in [-0.25, -0.2) is 0 Å². The largest absolute Gasteiger partial charge is 0.872 e. The van der Waals surface area contributed by atoms with E-state index in [4.69, 9.17) is 4.74 Å². The number of hydrogen-bond acceptors (Lipinski definition) is 6. The molecule has 0 spiro atoms. The molecule has 1 aromatic heterocycles. The molecule has 4 rings (SSSR count). The molecule has 0 radical (unpaired) electrons. The fourth-order valence-electron chi connectivity index (χ4n) is 4.10. The van der Waals surface area contributed by atoms with Gasteiger partial charge >= 0.3 is 0 Å². The Bertz CT molecular complexity index is 950. The van der Waals surface area contributed by atoms with Gasteiger partial charge in [0, 0.05) is 13.0 Å². The van der Waals surface area contributed by atoms with Gasteiger partial charge in [0.1, 0.15) is 13.1 Å². The number of aliphatic hydroxyl groups excluding tert-OH is 1. The molecule has 2 aliphatic rings. The molecule has 3 heterocycles. The zero-order chi connectivity index (χ0) is 21.1. The van der Waals surface area contributed by atoms with Crippen LogP contribution in [-0.4, -0.2) is 61.1 Å². The standard InChI is InChI=1S/C22H24N2O5S/c25-16-5-1-4-15(14-16)19-18(20(26)17-6-2-13-30-17)21(27)22(28)24(19)8-3-7-23-9-11-29-12-10-23/h1-2,4-6,13-14,19,25,27H,3,7-12H2. The predicted octanol–water partition coefficient (Wildman–Crippen LogP) is 0.705. The molecular formula is C22H24N2O5S. The normalized spacial score (nSPS) is 20.2. The Balaban J connectivity index is 1.60. The van der Waals surface area contributed by atoms with E-state index in [1.807, 2.05) is 0 Å². The molecule has 2 N–H and O–H groups in total. The number of nitrogens with zero attached hydrogens (tertiary/aromatic N) is 1. The highest BCUT2D eigenvalue weighted by atomic mass is 32.1. The first-order valence-corrected chi connectivity index (χ1v) is 10.9. The molecule has 1 saturated heterocycles. The molecule has 0 bridgehead atoms. The third-order valence-electron chi connectivity index (χ3n) is 5.60. The number of carbonyl (C=O) groups excluding carboxylic acids is 2. The van der Waals surface area contributed by atoms with Gasteiger partial charge in [-0.05, 0) is 17.0 Å². The highest BCUT2D eigenvalue weighted by Crippen LogP contribution is 2.40. The summed E-state index contributed by atoms with van der Waals surface area (Å²) in [5.74, 6) is -1.66. The van der Waals surface area contributed by atoms with Gasteiger partial charge in [-0.2, -0.15) is 0 Å². The van der Waals surface area contributed by atoms with Crippen molar-refractivity contribution < 1.29 is 29.4 Å². The molecule has 1 atom stereocenters. The number of carbonyl (C=O) groups is 2. The number of thiophene rings is 1. The zero-order valence-corrected chi connectivity index (χ0v) is 17.3. The first kappa shape index (κ1) is 20.6. The maximum absolute atomic E-state index is 13.1. The molecule has 1 aromatic carbocycles. The maximum atomic E-state index is 13.1. The van der Waals surface area contributed by atoms with Crippen LogP contribution in [0.25, 0.3) is 0 Å². The second kappa shape index (κ2) is 8.99. The third-order valence-corrected chi connectivity index (χ3v) is 6.46. The van der Waals surface area contributed by atoms with Crippen molar-refractivity contribution in [2.24, 2.45) is 0 Å². The van der Waals surface area contributed by atoms with E-state index in [-0.39, 0.29) is 17.1 Å². The van der Waals surface area contributed by atoms with Gasteiger partial charge in [-0.1, -0.05) is 30.3 Å². The smallest absolute Gasteiger partial charge is 0.290 e. The van der Waals surface area contributed by atoms with Crippen molar-refractivity contribution >= 4 is 23.0 Å². The van der Waals surface area contributed by atoms with Crippen LogP contribution in [0.5, 0.6) is 5.75 Å². The van der Waals surface area contributed by atoms with E-state index in [1.165, 1.54) is 33.3 Å². The fourth-order valence-corrected chi connectivity index (χ4v) is 4.78. The van der Waals surface area contributed by atoms with Gasteiger partial charge in [0.2, 0.25) is 5.78 Å². The Morgan fingerprint density at radius 2 is 2.07 bits per heavy atom. The molecule has 7 nitrogen and oxygen atoms in total. The van der Waals surface area contributed by atoms with Crippen molar-refractivity contribution in [2.75, 3.05) is 39.4 Å². The summed E-state index contributed by atoms with van der Waals surface area (Å²) >= 11 is 1.26. The van der Waals surface area contributed by atoms with Gasteiger partial charge in [-0.15, -0.1) is 17.1 Å². The lowest BCUT2D eigenvalue weighted by atomic mass is 9.95.